The maximum atomic E-state index is 9.25. The van der Waals surface area contributed by atoms with Crippen molar-refractivity contribution < 1.29 is 5.11 Å². The van der Waals surface area contributed by atoms with Crippen molar-refractivity contribution in [2.45, 2.75) is 32.7 Å². The number of anilines is 1. The summed E-state index contributed by atoms with van der Waals surface area (Å²) in [6.45, 7) is 7.90. The van der Waals surface area contributed by atoms with Crippen molar-refractivity contribution in [2.24, 2.45) is 0 Å². The fourth-order valence-electron chi connectivity index (χ4n) is 3.15. The minimum Gasteiger partial charge on any atom is -0.396 e. The van der Waals surface area contributed by atoms with Crippen molar-refractivity contribution in [3.8, 4) is 0 Å². The van der Waals surface area contributed by atoms with E-state index in [0.717, 1.165) is 26.1 Å². The van der Waals surface area contributed by atoms with E-state index in [0.29, 0.717) is 6.04 Å². The van der Waals surface area contributed by atoms with Crippen LogP contribution in [0.1, 0.15) is 24.0 Å². The van der Waals surface area contributed by atoms with Gasteiger partial charge >= 0.3 is 0 Å². The van der Waals surface area contributed by atoms with E-state index in [1.165, 1.54) is 23.2 Å². The van der Waals surface area contributed by atoms with E-state index in [2.05, 4.69) is 48.9 Å². The summed E-state index contributed by atoms with van der Waals surface area (Å²) in [7, 11) is 2.18. The number of rotatable bonds is 3. The van der Waals surface area contributed by atoms with Crippen LogP contribution in [-0.4, -0.2) is 49.3 Å². The molecule has 2 rings (SSSR count). The van der Waals surface area contributed by atoms with Gasteiger partial charge in [0.05, 0.1) is 0 Å². The summed E-state index contributed by atoms with van der Waals surface area (Å²) in [5.74, 6) is 0. The number of aryl methyl sites for hydroxylation is 2. The van der Waals surface area contributed by atoms with Gasteiger partial charge in [-0.2, -0.15) is 0 Å². The molecule has 106 valence electrons. The summed E-state index contributed by atoms with van der Waals surface area (Å²) >= 11 is 0. The topological polar surface area (TPSA) is 26.7 Å². The quantitative estimate of drug-likeness (QED) is 0.904. The first-order chi connectivity index (χ1) is 9.13. The highest BCUT2D eigenvalue weighted by Gasteiger charge is 2.23. The third-order valence-corrected chi connectivity index (χ3v) is 4.21. The van der Waals surface area contributed by atoms with Gasteiger partial charge in [0.15, 0.2) is 0 Å². The first-order valence-corrected chi connectivity index (χ1v) is 7.25. The monoisotopic (exact) mass is 262 g/mol. The van der Waals surface area contributed by atoms with Crippen LogP contribution < -0.4 is 4.90 Å². The number of hydrogen-bond acceptors (Lipinski definition) is 3. The molecule has 1 aliphatic heterocycles. The molecule has 3 heteroatoms. The zero-order valence-electron chi connectivity index (χ0n) is 12.4. The van der Waals surface area contributed by atoms with Gasteiger partial charge in [0, 0.05) is 31.4 Å². The smallest absolute Gasteiger partial charge is 0.0446 e. The van der Waals surface area contributed by atoms with Crippen LogP contribution in [0.2, 0.25) is 0 Å². The molecule has 1 N–H and O–H groups in total. The van der Waals surface area contributed by atoms with E-state index >= 15 is 0 Å². The molecule has 1 unspecified atom stereocenters. The van der Waals surface area contributed by atoms with E-state index in [1.807, 2.05) is 0 Å². The summed E-state index contributed by atoms with van der Waals surface area (Å²) in [5.41, 5.74) is 4.10. The normalized spacial score (nSPS) is 21.5. The molecule has 0 radical (unpaired) electrons. The van der Waals surface area contributed by atoms with Crippen LogP contribution in [0.15, 0.2) is 18.2 Å². The predicted octanol–water partition coefficient (Wildman–Crippen LogP) is 2.20. The fourth-order valence-corrected chi connectivity index (χ4v) is 3.15. The molecule has 1 atom stereocenters. The highest BCUT2D eigenvalue weighted by molar-refractivity contribution is 5.59. The molecule has 1 saturated heterocycles. The van der Waals surface area contributed by atoms with Gasteiger partial charge in [-0.15, -0.1) is 0 Å². The van der Waals surface area contributed by atoms with Crippen LogP contribution in [0.4, 0.5) is 5.69 Å². The summed E-state index contributed by atoms with van der Waals surface area (Å²) in [4.78, 5) is 4.90. The van der Waals surface area contributed by atoms with E-state index in [9.17, 15) is 5.11 Å². The number of likely N-dealkylation sites (N-methyl/N-ethyl adjacent to an activating group) is 1. The Morgan fingerprint density at radius 3 is 2.53 bits per heavy atom. The summed E-state index contributed by atoms with van der Waals surface area (Å²) in [6, 6.07) is 6.96. The standard InChI is InChI=1S/C16H26N2O/c1-13-6-4-7-14(2)16(13)18-10-5-9-17(3)15(12-18)8-11-19/h4,6-7,15,19H,5,8-12H2,1-3H3. The van der Waals surface area contributed by atoms with Gasteiger partial charge in [0.1, 0.15) is 0 Å². The minimum absolute atomic E-state index is 0.273. The molecule has 1 aromatic rings. The van der Waals surface area contributed by atoms with Crippen LogP contribution in [0.25, 0.3) is 0 Å². The minimum atomic E-state index is 0.273. The third kappa shape index (κ3) is 3.28. The number of hydrogen-bond donors (Lipinski definition) is 1. The molecule has 0 spiro atoms. The Bertz CT molecular complexity index is 399. The van der Waals surface area contributed by atoms with Crippen molar-refractivity contribution >= 4 is 5.69 Å². The van der Waals surface area contributed by atoms with Gasteiger partial charge in [-0.1, -0.05) is 18.2 Å². The predicted molar refractivity (Wildman–Crippen MR) is 80.9 cm³/mol. The lowest BCUT2D eigenvalue weighted by atomic mass is 10.1. The second kappa shape index (κ2) is 6.40. The van der Waals surface area contributed by atoms with Crippen LogP contribution in [0.3, 0.4) is 0 Å². The molecule has 0 saturated carbocycles. The van der Waals surface area contributed by atoms with Gasteiger partial charge in [0.2, 0.25) is 0 Å². The van der Waals surface area contributed by atoms with Crippen molar-refractivity contribution in [1.29, 1.82) is 0 Å². The fraction of sp³-hybridized carbons (Fsp3) is 0.625. The highest BCUT2D eigenvalue weighted by Crippen LogP contribution is 2.27. The summed E-state index contributed by atoms with van der Waals surface area (Å²) in [5, 5.41) is 9.25. The number of nitrogens with zero attached hydrogens (tertiary/aromatic N) is 2. The average Bonchev–Trinajstić information content (AvgIpc) is 2.53. The number of aliphatic hydroxyl groups excluding tert-OH is 1. The Labute approximate surface area is 116 Å². The Hall–Kier alpha value is -1.06. The molecule has 0 amide bonds. The Morgan fingerprint density at radius 2 is 1.89 bits per heavy atom. The van der Waals surface area contributed by atoms with E-state index < -0.39 is 0 Å². The van der Waals surface area contributed by atoms with Gasteiger partial charge in [-0.3, -0.25) is 0 Å². The second-order valence-corrected chi connectivity index (χ2v) is 5.69. The first-order valence-electron chi connectivity index (χ1n) is 7.25. The molecule has 0 bridgehead atoms. The van der Waals surface area contributed by atoms with E-state index in [4.69, 9.17) is 0 Å². The summed E-state index contributed by atoms with van der Waals surface area (Å²) in [6.07, 6.45) is 2.05. The molecule has 1 aromatic carbocycles. The molecular formula is C16H26N2O. The van der Waals surface area contributed by atoms with Gasteiger partial charge in [-0.05, 0) is 51.4 Å². The maximum Gasteiger partial charge on any atom is 0.0446 e. The van der Waals surface area contributed by atoms with Crippen LogP contribution in [0, 0.1) is 13.8 Å². The second-order valence-electron chi connectivity index (χ2n) is 5.69. The zero-order chi connectivity index (χ0) is 13.8. The highest BCUT2D eigenvalue weighted by atomic mass is 16.3. The van der Waals surface area contributed by atoms with Gasteiger partial charge in [-0.25, -0.2) is 0 Å². The third-order valence-electron chi connectivity index (χ3n) is 4.21. The largest absolute Gasteiger partial charge is 0.396 e. The van der Waals surface area contributed by atoms with Crippen LogP contribution in [-0.2, 0) is 0 Å². The van der Waals surface area contributed by atoms with Crippen LogP contribution in [0.5, 0.6) is 0 Å². The SMILES string of the molecule is Cc1cccc(C)c1N1CCCN(C)C(CCO)C1. The Balaban J connectivity index is 2.23. The molecule has 0 aliphatic carbocycles. The Morgan fingerprint density at radius 1 is 1.21 bits per heavy atom. The van der Waals surface area contributed by atoms with Crippen molar-refractivity contribution in [3.63, 3.8) is 0 Å². The van der Waals surface area contributed by atoms with Crippen molar-refractivity contribution in [2.75, 3.05) is 38.2 Å². The number of aliphatic hydroxyl groups is 1. The molecular weight excluding hydrogens is 236 g/mol. The summed E-state index contributed by atoms with van der Waals surface area (Å²) < 4.78 is 0. The Kier molecular flexibility index (Phi) is 4.83. The lowest BCUT2D eigenvalue weighted by Gasteiger charge is -2.31. The van der Waals surface area contributed by atoms with Crippen molar-refractivity contribution in [3.05, 3.63) is 29.3 Å². The number of para-hydroxylation sites is 1. The van der Waals surface area contributed by atoms with E-state index in [1.54, 1.807) is 0 Å². The molecule has 3 nitrogen and oxygen atoms in total. The van der Waals surface area contributed by atoms with Crippen LogP contribution >= 0.6 is 0 Å². The molecule has 1 fully saturated rings. The zero-order valence-corrected chi connectivity index (χ0v) is 12.4. The lowest BCUT2D eigenvalue weighted by molar-refractivity contribution is 0.196. The van der Waals surface area contributed by atoms with Gasteiger partial charge in [0.25, 0.3) is 0 Å². The molecule has 0 aromatic heterocycles. The maximum absolute atomic E-state index is 9.25. The first kappa shape index (κ1) is 14.4. The average molecular weight is 262 g/mol. The molecule has 1 heterocycles. The molecule has 1 aliphatic rings. The van der Waals surface area contributed by atoms with Crippen molar-refractivity contribution in [1.82, 2.24) is 4.90 Å². The number of benzene rings is 1. The molecule has 19 heavy (non-hydrogen) atoms. The van der Waals surface area contributed by atoms with Gasteiger partial charge < -0.3 is 14.9 Å². The lowest BCUT2D eigenvalue weighted by Crippen LogP contribution is -2.40. The van der Waals surface area contributed by atoms with E-state index in [-0.39, 0.29) is 6.61 Å².